The highest BCUT2D eigenvalue weighted by Gasteiger charge is 2.61. The van der Waals surface area contributed by atoms with Gasteiger partial charge in [0.15, 0.2) is 0 Å². The molecule has 0 radical (unpaired) electrons. The van der Waals surface area contributed by atoms with Crippen LogP contribution < -0.4 is 4.72 Å². The number of rotatable bonds is 4. The second-order valence-electron chi connectivity index (χ2n) is 3.76. The van der Waals surface area contributed by atoms with Gasteiger partial charge >= 0.3 is 30.8 Å². The molecule has 0 rings (SSSR count). The lowest BCUT2D eigenvalue weighted by molar-refractivity contribution is -0.306. The van der Waals surface area contributed by atoms with Crippen LogP contribution in [0.5, 0.6) is 0 Å². The van der Waals surface area contributed by atoms with Crippen LogP contribution in [0.3, 0.4) is 0 Å². The lowest BCUT2D eigenvalue weighted by atomic mass is 10.3. The third-order valence-electron chi connectivity index (χ3n) is 1.76. The molecule has 0 aromatic rings. The first-order valence-electron chi connectivity index (χ1n) is 5.09. The van der Waals surface area contributed by atoms with Crippen LogP contribution in [-0.4, -0.2) is 47.2 Å². The first kappa shape index (κ1) is 23.5. The summed E-state index contributed by atoms with van der Waals surface area (Å²) in [5, 5.41) is 0. The molecule has 0 fully saturated rings. The van der Waals surface area contributed by atoms with Crippen molar-refractivity contribution in [3.05, 3.63) is 0 Å². The molecule has 18 heteroatoms. The molecular weight excluding hydrogens is 422 g/mol. The zero-order chi connectivity index (χ0) is 20.4. The van der Waals surface area contributed by atoms with Gasteiger partial charge in [-0.15, -0.1) is 0 Å². The van der Waals surface area contributed by atoms with Crippen LogP contribution in [0.2, 0.25) is 0 Å². The second-order valence-corrected chi connectivity index (χ2v) is 4.63. The van der Waals surface area contributed by atoms with E-state index in [0.29, 0.717) is 4.72 Å². The monoisotopic (exact) mass is 425 g/mol. The SMILES string of the molecule is O=C(NS(=O)OC(C(F)(F)F)C(F)(F)F)OC(C(F)(F)F)C(F)(F)F. The minimum Gasteiger partial charge on any atom is -0.426 e. The van der Waals surface area contributed by atoms with Crippen molar-refractivity contribution in [1.29, 1.82) is 0 Å². The Morgan fingerprint density at radius 3 is 1.32 bits per heavy atom. The maximum atomic E-state index is 12.0. The summed E-state index contributed by atoms with van der Waals surface area (Å²) in [6.45, 7) is 0. The lowest BCUT2D eigenvalue weighted by Crippen LogP contribution is -2.49. The topological polar surface area (TPSA) is 64.6 Å². The summed E-state index contributed by atoms with van der Waals surface area (Å²) in [4.78, 5) is 10.7. The number of carbonyl (C=O) groups excluding carboxylic acids is 1. The van der Waals surface area contributed by atoms with Crippen molar-refractivity contribution in [2.75, 3.05) is 0 Å². The maximum absolute atomic E-state index is 12.0. The predicted octanol–water partition coefficient (Wildman–Crippen LogP) is 3.29. The van der Waals surface area contributed by atoms with Gasteiger partial charge in [0.05, 0.1) is 0 Å². The Kier molecular flexibility index (Phi) is 6.99. The van der Waals surface area contributed by atoms with Crippen molar-refractivity contribution >= 4 is 17.4 Å². The summed E-state index contributed by atoms with van der Waals surface area (Å²) in [6.07, 6.45) is -37.3. The molecule has 0 aromatic heterocycles. The van der Waals surface area contributed by atoms with Crippen molar-refractivity contribution in [3.63, 3.8) is 0 Å². The van der Waals surface area contributed by atoms with Crippen molar-refractivity contribution < 1.29 is 70.6 Å². The minimum absolute atomic E-state index is 0.318. The van der Waals surface area contributed by atoms with Gasteiger partial charge in [0.25, 0.3) is 23.5 Å². The van der Waals surface area contributed by atoms with Gasteiger partial charge < -0.3 is 4.74 Å². The van der Waals surface area contributed by atoms with E-state index in [-0.39, 0.29) is 0 Å². The highest BCUT2D eigenvalue weighted by Crippen LogP contribution is 2.37. The number of halogens is 12. The van der Waals surface area contributed by atoms with Gasteiger partial charge in [-0.25, -0.2) is 13.7 Å². The van der Waals surface area contributed by atoms with E-state index in [1.165, 1.54) is 0 Å². The molecule has 1 unspecified atom stereocenters. The Balaban J connectivity index is 5.04. The Labute approximate surface area is 131 Å². The molecule has 5 nitrogen and oxygen atoms in total. The zero-order valence-electron chi connectivity index (χ0n) is 10.7. The quantitative estimate of drug-likeness (QED) is 0.703. The number of alkyl halides is 12. The summed E-state index contributed by atoms with van der Waals surface area (Å²) in [5.74, 6) is 0. The van der Waals surface area contributed by atoms with E-state index in [2.05, 4.69) is 8.92 Å². The second kappa shape index (κ2) is 7.42. The summed E-state index contributed by atoms with van der Waals surface area (Å²) in [6, 6.07) is 0. The van der Waals surface area contributed by atoms with Crippen molar-refractivity contribution in [3.8, 4) is 0 Å². The Hall–Kier alpha value is -1.46. The average molecular weight is 425 g/mol. The summed E-state index contributed by atoms with van der Waals surface area (Å²) in [7, 11) is 0. The van der Waals surface area contributed by atoms with Crippen molar-refractivity contribution in [2.45, 2.75) is 36.9 Å². The first-order chi connectivity index (χ1) is 10.8. The van der Waals surface area contributed by atoms with E-state index in [4.69, 9.17) is 0 Å². The number of carbonyl (C=O) groups is 1. The number of amides is 1. The van der Waals surface area contributed by atoms with E-state index in [9.17, 15) is 61.7 Å². The van der Waals surface area contributed by atoms with Gasteiger partial charge in [0.1, 0.15) is 0 Å². The van der Waals surface area contributed by atoms with E-state index in [0.717, 1.165) is 0 Å². The summed E-state index contributed by atoms with van der Waals surface area (Å²) < 4.78 is 161. The molecule has 0 spiro atoms. The fourth-order valence-corrected chi connectivity index (χ4v) is 1.55. The molecular formula is C7H3F12NO4S. The highest BCUT2D eigenvalue weighted by atomic mass is 32.2. The number of nitrogens with one attached hydrogen (secondary N) is 1. The van der Waals surface area contributed by atoms with Gasteiger partial charge in [-0.2, -0.15) is 52.7 Å². The Morgan fingerprint density at radius 1 is 0.720 bits per heavy atom. The third kappa shape index (κ3) is 7.97. The summed E-state index contributed by atoms with van der Waals surface area (Å²) in [5.41, 5.74) is 0. The van der Waals surface area contributed by atoms with Crippen molar-refractivity contribution in [1.82, 2.24) is 4.72 Å². The van der Waals surface area contributed by atoms with Crippen LogP contribution >= 0.6 is 0 Å². The average Bonchev–Trinajstić information content (AvgIpc) is 2.27. The minimum atomic E-state index is -6.22. The normalized spacial score (nSPS) is 15.4. The van der Waals surface area contributed by atoms with E-state index < -0.39 is 54.3 Å². The molecule has 1 N–H and O–H groups in total. The van der Waals surface area contributed by atoms with Crippen LogP contribution in [0.15, 0.2) is 0 Å². The molecule has 0 aromatic carbocycles. The molecule has 0 saturated carbocycles. The van der Waals surface area contributed by atoms with Crippen LogP contribution in [0.4, 0.5) is 57.5 Å². The van der Waals surface area contributed by atoms with Crippen LogP contribution in [0.25, 0.3) is 0 Å². The van der Waals surface area contributed by atoms with Crippen LogP contribution in [-0.2, 0) is 20.2 Å². The third-order valence-corrected chi connectivity index (χ3v) is 2.46. The van der Waals surface area contributed by atoms with E-state index >= 15 is 0 Å². The first-order valence-corrected chi connectivity index (χ1v) is 6.16. The fourth-order valence-electron chi connectivity index (χ4n) is 0.924. The molecule has 1 atom stereocenters. The zero-order valence-corrected chi connectivity index (χ0v) is 11.5. The Morgan fingerprint density at radius 2 is 1.04 bits per heavy atom. The number of ether oxygens (including phenoxy) is 1. The fraction of sp³-hybridized carbons (Fsp3) is 0.857. The molecule has 0 heterocycles. The van der Waals surface area contributed by atoms with E-state index in [1.807, 2.05) is 0 Å². The van der Waals surface area contributed by atoms with Gasteiger partial charge in [0.2, 0.25) is 0 Å². The highest BCUT2D eigenvalue weighted by molar-refractivity contribution is 7.78. The summed E-state index contributed by atoms with van der Waals surface area (Å²) >= 11 is -4.14. The number of hydrogen-bond donors (Lipinski definition) is 1. The molecule has 25 heavy (non-hydrogen) atoms. The largest absolute Gasteiger partial charge is 0.434 e. The molecule has 0 aliphatic heterocycles. The molecule has 0 bridgehead atoms. The van der Waals surface area contributed by atoms with E-state index in [1.54, 1.807) is 0 Å². The Bertz CT molecular complexity index is 422. The van der Waals surface area contributed by atoms with Gasteiger partial charge in [-0.1, -0.05) is 0 Å². The lowest BCUT2D eigenvalue weighted by Gasteiger charge is -2.23. The van der Waals surface area contributed by atoms with Gasteiger partial charge in [0, 0.05) is 0 Å². The smallest absolute Gasteiger partial charge is 0.426 e. The van der Waals surface area contributed by atoms with Gasteiger partial charge in [-0.05, 0) is 0 Å². The van der Waals surface area contributed by atoms with Crippen LogP contribution in [0.1, 0.15) is 0 Å². The van der Waals surface area contributed by atoms with Crippen molar-refractivity contribution in [2.24, 2.45) is 0 Å². The van der Waals surface area contributed by atoms with Gasteiger partial charge in [-0.3, -0.25) is 4.18 Å². The molecule has 0 aliphatic carbocycles. The number of hydrogen-bond acceptors (Lipinski definition) is 4. The van der Waals surface area contributed by atoms with Crippen LogP contribution in [0, 0.1) is 0 Å². The molecule has 0 aliphatic rings. The molecule has 150 valence electrons. The predicted molar refractivity (Wildman–Crippen MR) is 50.6 cm³/mol. The standard InChI is InChI=1S/C7H3F12NO4S/c8-4(9,10)1(5(11,12)13)23-3(21)20-25(22)24-2(6(14,15)16)7(17,18)19/h1-2H,(H,20,21). The molecule has 0 saturated heterocycles. The molecule has 1 amide bonds. The maximum Gasteiger partial charge on any atom is 0.434 e.